The van der Waals surface area contributed by atoms with Gasteiger partial charge in [-0.05, 0) is 30.7 Å². The first-order valence-corrected chi connectivity index (χ1v) is 5.13. The number of carbonyl (C=O) groups excluding carboxylic acids is 1. The summed E-state index contributed by atoms with van der Waals surface area (Å²) in [7, 11) is 0. The first-order valence-electron chi connectivity index (χ1n) is 5.13. The van der Waals surface area contributed by atoms with Crippen LogP contribution >= 0.6 is 0 Å². The molecule has 0 aliphatic carbocycles. The molecule has 1 aromatic heterocycles. The molecule has 0 unspecified atom stereocenters. The number of ether oxygens (including phenoxy) is 1. The van der Waals surface area contributed by atoms with Crippen molar-refractivity contribution in [1.82, 2.24) is 4.98 Å². The molecule has 0 saturated heterocycles. The second-order valence-electron chi connectivity index (χ2n) is 3.24. The maximum atomic E-state index is 11.5. The lowest BCUT2D eigenvalue weighted by molar-refractivity contribution is -0.142. The Bertz CT molecular complexity index is 425. The highest BCUT2D eigenvalue weighted by Gasteiger charge is 2.14. The highest BCUT2D eigenvalue weighted by atomic mass is 16.5. The lowest BCUT2D eigenvalue weighted by Gasteiger charge is -2.04. The van der Waals surface area contributed by atoms with E-state index in [0.29, 0.717) is 5.56 Å². The number of aliphatic carboxylic acids is 1. The Kier molecular flexibility index (Phi) is 4.87. The van der Waals surface area contributed by atoms with Gasteiger partial charge < -0.3 is 9.84 Å². The lowest BCUT2D eigenvalue weighted by Crippen LogP contribution is -2.11. The van der Waals surface area contributed by atoms with Gasteiger partial charge in [0.1, 0.15) is 0 Å². The SMILES string of the molecule is CCOC(=O)/C(=C\c1ccncc1)CC(=O)O. The number of hydrogen-bond donors (Lipinski definition) is 1. The molecule has 1 aromatic rings. The molecule has 0 saturated carbocycles. The molecule has 0 fully saturated rings. The second kappa shape index (κ2) is 6.42. The molecule has 1 heterocycles. The standard InChI is InChI=1S/C12H13NO4/c1-2-17-12(16)10(8-11(14)15)7-9-3-5-13-6-4-9/h3-7H,2,8H2,1H3,(H,14,15)/b10-7-. The van der Waals surface area contributed by atoms with E-state index in [1.54, 1.807) is 31.5 Å². The van der Waals surface area contributed by atoms with Gasteiger partial charge in [-0.1, -0.05) is 0 Å². The zero-order valence-corrected chi connectivity index (χ0v) is 9.42. The van der Waals surface area contributed by atoms with Crippen molar-refractivity contribution in [2.24, 2.45) is 0 Å². The number of pyridine rings is 1. The topological polar surface area (TPSA) is 76.5 Å². The first-order chi connectivity index (χ1) is 8.13. The lowest BCUT2D eigenvalue weighted by atomic mass is 10.1. The van der Waals surface area contributed by atoms with Gasteiger partial charge in [-0.2, -0.15) is 0 Å². The number of rotatable bonds is 5. The smallest absolute Gasteiger partial charge is 0.334 e. The molecule has 5 heteroatoms. The average molecular weight is 235 g/mol. The fourth-order valence-corrected chi connectivity index (χ4v) is 1.23. The van der Waals surface area contributed by atoms with Gasteiger partial charge >= 0.3 is 11.9 Å². The molecule has 17 heavy (non-hydrogen) atoms. The third-order valence-corrected chi connectivity index (χ3v) is 1.93. The normalized spacial score (nSPS) is 11.0. The molecule has 0 spiro atoms. The zero-order chi connectivity index (χ0) is 12.7. The molecule has 1 rings (SSSR count). The van der Waals surface area contributed by atoms with Crippen molar-refractivity contribution in [3.63, 3.8) is 0 Å². The zero-order valence-electron chi connectivity index (χ0n) is 9.42. The van der Waals surface area contributed by atoms with Crippen molar-refractivity contribution >= 4 is 18.0 Å². The molecule has 0 amide bonds. The van der Waals surface area contributed by atoms with Crippen molar-refractivity contribution in [2.45, 2.75) is 13.3 Å². The molecule has 1 N–H and O–H groups in total. The number of hydrogen-bond acceptors (Lipinski definition) is 4. The summed E-state index contributed by atoms with van der Waals surface area (Å²) >= 11 is 0. The summed E-state index contributed by atoms with van der Waals surface area (Å²) in [6.07, 6.45) is 4.26. The Morgan fingerprint density at radius 3 is 2.59 bits per heavy atom. The van der Waals surface area contributed by atoms with Crippen molar-refractivity contribution in [2.75, 3.05) is 6.61 Å². The molecular weight excluding hydrogens is 222 g/mol. The highest BCUT2D eigenvalue weighted by Crippen LogP contribution is 2.11. The number of carboxylic acid groups (broad SMARTS) is 1. The van der Waals surface area contributed by atoms with Crippen LogP contribution in [-0.2, 0) is 14.3 Å². The Balaban J connectivity index is 2.93. The first kappa shape index (κ1) is 12.9. The van der Waals surface area contributed by atoms with E-state index in [1.807, 2.05) is 0 Å². The summed E-state index contributed by atoms with van der Waals surface area (Å²) in [6.45, 7) is 1.88. The molecule has 0 radical (unpaired) electrons. The summed E-state index contributed by atoms with van der Waals surface area (Å²) in [6, 6.07) is 3.36. The van der Waals surface area contributed by atoms with Crippen LogP contribution in [0.15, 0.2) is 30.1 Å². The van der Waals surface area contributed by atoms with Crippen molar-refractivity contribution in [3.8, 4) is 0 Å². The van der Waals surface area contributed by atoms with Crippen molar-refractivity contribution in [1.29, 1.82) is 0 Å². The van der Waals surface area contributed by atoms with E-state index in [2.05, 4.69) is 4.98 Å². The Labute approximate surface area is 98.7 Å². The Morgan fingerprint density at radius 2 is 2.06 bits per heavy atom. The molecule has 90 valence electrons. The second-order valence-corrected chi connectivity index (χ2v) is 3.24. The summed E-state index contributed by atoms with van der Waals surface area (Å²) in [4.78, 5) is 26.0. The molecular formula is C12H13NO4. The van der Waals surface area contributed by atoms with Crippen LogP contribution in [0.5, 0.6) is 0 Å². The predicted molar refractivity (Wildman–Crippen MR) is 61.1 cm³/mol. The summed E-state index contributed by atoms with van der Waals surface area (Å²) in [5.41, 5.74) is 0.829. The van der Waals surface area contributed by atoms with Gasteiger partial charge in [0.25, 0.3) is 0 Å². The summed E-state index contributed by atoms with van der Waals surface area (Å²) in [5.74, 6) is -1.68. The van der Waals surface area contributed by atoms with Crippen LogP contribution in [0.3, 0.4) is 0 Å². The highest BCUT2D eigenvalue weighted by molar-refractivity contribution is 5.97. The van der Waals surface area contributed by atoms with E-state index in [9.17, 15) is 9.59 Å². The van der Waals surface area contributed by atoms with Gasteiger partial charge in [0.2, 0.25) is 0 Å². The Morgan fingerprint density at radius 1 is 1.41 bits per heavy atom. The van der Waals surface area contributed by atoms with Crippen LogP contribution in [0.4, 0.5) is 0 Å². The van der Waals surface area contributed by atoms with E-state index < -0.39 is 11.9 Å². The maximum absolute atomic E-state index is 11.5. The van der Waals surface area contributed by atoms with Crippen LogP contribution in [0.2, 0.25) is 0 Å². The minimum absolute atomic E-state index is 0.116. The van der Waals surface area contributed by atoms with E-state index in [0.717, 1.165) is 0 Å². The molecule has 0 atom stereocenters. The monoisotopic (exact) mass is 235 g/mol. The molecule has 0 bridgehead atoms. The minimum Gasteiger partial charge on any atom is -0.481 e. The van der Waals surface area contributed by atoms with Gasteiger partial charge in [0.05, 0.1) is 13.0 Å². The predicted octanol–water partition coefficient (Wildman–Crippen LogP) is 1.50. The number of nitrogens with zero attached hydrogens (tertiary/aromatic N) is 1. The molecule has 0 aromatic carbocycles. The summed E-state index contributed by atoms with van der Waals surface area (Å²) < 4.78 is 4.79. The number of aromatic nitrogens is 1. The van der Waals surface area contributed by atoms with E-state index >= 15 is 0 Å². The third-order valence-electron chi connectivity index (χ3n) is 1.93. The number of carboxylic acids is 1. The van der Waals surface area contributed by atoms with E-state index in [4.69, 9.17) is 9.84 Å². The largest absolute Gasteiger partial charge is 0.481 e. The number of carbonyl (C=O) groups is 2. The van der Waals surface area contributed by atoms with Gasteiger partial charge in [0.15, 0.2) is 0 Å². The van der Waals surface area contributed by atoms with E-state index in [-0.39, 0.29) is 18.6 Å². The maximum Gasteiger partial charge on any atom is 0.334 e. The van der Waals surface area contributed by atoms with Gasteiger partial charge in [-0.25, -0.2) is 4.79 Å². The number of esters is 1. The van der Waals surface area contributed by atoms with Gasteiger partial charge in [-0.15, -0.1) is 0 Å². The quantitative estimate of drug-likeness (QED) is 0.618. The van der Waals surface area contributed by atoms with Crippen molar-refractivity contribution < 1.29 is 19.4 Å². The fourth-order valence-electron chi connectivity index (χ4n) is 1.23. The van der Waals surface area contributed by atoms with Crippen LogP contribution in [0.25, 0.3) is 6.08 Å². The summed E-state index contributed by atoms with van der Waals surface area (Å²) in [5, 5.41) is 8.72. The van der Waals surface area contributed by atoms with Crippen LogP contribution in [0, 0.1) is 0 Å². The van der Waals surface area contributed by atoms with Crippen LogP contribution < -0.4 is 0 Å². The van der Waals surface area contributed by atoms with E-state index in [1.165, 1.54) is 6.08 Å². The minimum atomic E-state index is -1.07. The fraction of sp³-hybridized carbons (Fsp3) is 0.250. The molecule has 0 aliphatic rings. The molecule has 5 nitrogen and oxygen atoms in total. The third kappa shape index (κ3) is 4.46. The van der Waals surface area contributed by atoms with Crippen LogP contribution in [0.1, 0.15) is 18.9 Å². The van der Waals surface area contributed by atoms with Gasteiger partial charge in [-0.3, -0.25) is 9.78 Å². The molecule has 0 aliphatic heterocycles. The van der Waals surface area contributed by atoms with Crippen LogP contribution in [-0.4, -0.2) is 28.6 Å². The van der Waals surface area contributed by atoms with Crippen molar-refractivity contribution in [3.05, 3.63) is 35.7 Å². The Hall–Kier alpha value is -2.17. The van der Waals surface area contributed by atoms with Gasteiger partial charge in [0, 0.05) is 18.0 Å². The average Bonchev–Trinajstić information content (AvgIpc) is 2.29.